The van der Waals surface area contributed by atoms with Gasteiger partial charge < -0.3 is 19.3 Å². The first-order chi connectivity index (χ1) is 11.2. The van der Waals surface area contributed by atoms with Gasteiger partial charge in [0.1, 0.15) is 0 Å². The van der Waals surface area contributed by atoms with Crippen LogP contribution in [-0.4, -0.2) is 61.3 Å². The highest BCUT2D eigenvalue weighted by atomic mass is 32.3. The van der Waals surface area contributed by atoms with Gasteiger partial charge in [-0.25, -0.2) is 8.75 Å². The quantitative estimate of drug-likeness (QED) is 0.584. The second kappa shape index (κ2) is 6.46. The van der Waals surface area contributed by atoms with Crippen molar-refractivity contribution in [2.75, 3.05) is 51.3 Å². The molecule has 0 bridgehead atoms. The lowest BCUT2D eigenvalue weighted by molar-refractivity contribution is 0.190. The van der Waals surface area contributed by atoms with E-state index in [2.05, 4.69) is 12.1 Å². The molecule has 5 heteroatoms. The third-order valence-corrected chi connectivity index (χ3v) is 11.7. The number of methoxy groups -OCH3 is 2. The van der Waals surface area contributed by atoms with E-state index in [-0.39, 0.29) is 0 Å². The van der Waals surface area contributed by atoms with Crippen LogP contribution in [0.4, 0.5) is 0 Å². The summed E-state index contributed by atoms with van der Waals surface area (Å²) in [7, 11) is 1.89. The lowest BCUT2D eigenvalue weighted by Crippen LogP contribution is -2.20. The van der Waals surface area contributed by atoms with E-state index in [0.29, 0.717) is 6.61 Å². The average Bonchev–Trinajstić information content (AvgIpc) is 3.24. The fourth-order valence-corrected chi connectivity index (χ4v) is 10.2. The van der Waals surface area contributed by atoms with Crippen LogP contribution in [0.3, 0.4) is 0 Å². The summed E-state index contributed by atoms with van der Waals surface area (Å²) in [5.41, 5.74) is 1.34. The molecule has 2 aliphatic rings. The average molecular weight is 340 g/mol. The molecule has 2 aliphatic heterocycles. The Morgan fingerprint density at radius 3 is 2.70 bits per heavy atom. The highest BCUT2D eigenvalue weighted by molar-refractivity contribution is 8.54. The number of rotatable bonds is 8. The topological polar surface area (TPSA) is 47.9 Å². The maximum absolute atomic E-state index is 9.14. The number of hydrogen-bond acceptors (Lipinski definition) is 4. The Bertz CT molecular complexity index is 652. The van der Waals surface area contributed by atoms with Crippen LogP contribution in [0.1, 0.15) is 18.4 Å². The molecule has 0 aromatic heterocycles. The van der Waals surface area contributed by atoms with Gasteiger partial charge in [0.2, 0.25) is 0 Å². The van der Waals surface area contributed by atoms with Gasteiger partial charge in [0.25, 0.3) is 0 Å². The summed E-state index contributed by atoms with van der Waals surface area (Å²) in [5, 5.41) is 9.14. The summed E-state index contributed by atoms with van der Waals surface area (Å²) in [6, 6.07) is 6.32. The van der Waals surface area contributed by atoms with Gasteiger partial charge in [0.05, 0.1) is 27.4 Å². The van der Waals surface area contributed by atoms with Gasteiger partial charge in [0.15, 0.2) is 11.5 Å². The molecule has 0 unspecified atom stereocenters. The lowest BCUT2D eigenvalue weighted by atomic mass is 10.2. The molecule has 2 heterocycles. The van der Waals surface area contributed by atoms with E-state index in [0.717, 1.165) is 43.3 Å². The van der Waals surface area contributed by atoms with Crippen LogP contribution < -0.4 is 9.47 Å². The molecular formula is C18H28O4S. The zero-order chi connectivity index (χ0) is 16.4. The Morgan fingerprint density at radius 2 is 2.00 bits per heavy atom. The van der Waals surface area contributed by atoms with Crippen molar-refractivity contribution in [1.29, 1.82) is 0 Å². The lowest BCUT2D eigenvalue weighted by Gasteiger charge is -2.39. The molecule has 0 saturated carbocycles. The maximum atomic E-state index is 9.14. The van der Waals surface area contributed by atoms with Crippen LogP contribution in [0.25, 0.3) is 0 Å². The SMILES string of the molecule is COc1ccc(CS23(CCCCO)=C(COCC2)C3)cc1OC. The largest absolute Gasteiger partial charge is 0.493 e. The van der Waals surface area contributed by atoms with Gasteiger partial charge in [-0.05, 0) is 46.9 Å². The Morgan fingerprint density at radius 1 is 1.17 bits per heavy atom. The molecule has 0 fully saturated rings. The van der Waals surface area contributed by atoms with Gasteiger partial charge in [-0.15, -0.1) is 0 Å². The molecule has 130 valence electrons. The number of hydrogen-bond donors (Lipinski definition) is 1. The molecule has 4 nitrogen and oxygen atoms in total. The summed E-state index contributed by atoms with van der Waals surface area (Å²) < 4.78 is 16.5. The summed E-state index contributed by atoms with van der Waals surface area (Å²) in [6.07, 6.45) is 2.03. The molecule has 0 aliphatic carbocycles. The third-order valence-electron chi connectivity index (χ3n) is 5.37. The first-order valence-corrected chi connectivity index (χ1v) is 11.0. The number of benzene rings is 1. The van der Waals surface area contributed by atoms with E-state index in [1.807, 2.05) is 6.07 Å². The van der Waals surface area contributed by atoms with Crippen molar-refractivity contribution in [3.63, 3.8) is 0 Å². The zero-order valence-electron chi connectivity index (χ0n) is 14.2. The smallest absolute Gasteiger partial charge is 0.161 e. The fraction of sp³-hybridized carbons (Fsp3) is 0.611. The van der Waals surface area contributed by atoms with Gasteiger partial charge in [-0.3, -0.25) is 0 Å². The molecule has 0 amide bonds. The second-order valence-corrected chi connectivity index (χ2v) is 12.3. The molecule has 1 aromatic rings. The zero-order valence-corrected chi connectivity index (χ0v) is 15.0. The fourth-order valence-electron chi connectivity index (χ4n) is 3.90. The van der Waals surface area contributed by atoms with Crippen molar-refractivity contribution >= 4 is 13.6 Å². The number of unbranched alkanes of at least 4 members (excludes halogenated alkanes) is 1. The summed E-state index contributed by atoms with van der Waals surface area (Å²) in [5.74, 6) is 6.47. The molecule has 0 spiro atoms. The van der Waals surface area contributed by atoms with Crippen LogP contribution in [0, 0.1) is 0 Å². The molecule has 23 heavy (non-hydrogen) atoms. The predicted octanol–water partition coefficient (Wildman–Crippen LogP) is 2.53. The maximum Gasteiger partial charge on any atom is 0.161 e. The van der Waals surface area contributed by atoms with E-state index >= 15 is 0 Å². The van der Waals surface area contributed by atoms with Crippen LogP contribution in [-0.2, 0) is 10.5 Å². The van der Waals surface area contributed by atoms with Crippen molar-refractivity contribution in [1.82, 2.24) is 0 Å². The highest BCUT2D eigenvalue weighted by Gasteiger charge is 2.50. The number of ether oxygens (including phenoxy) is 3. The summed E-state index contributed by atoms with van der Waals surface area (Å²) >= 11 is 0. The van der Waals surface area contributed by atoms with Crippen molar-refractivity contribution in [3.05, 3.63) is 23.8 Å². The van der Waals surface area contributed by atoms with Gasteiger partial charge in [-0.1, -0.05) is 6.07 Å². The van der Waals surface area contributed by atoms with Gasteiger partial charge in [0, 0.05) is 18.1 Å². The van der Waals surface area contributed by atoms with Crippen LogP contribution in [0.5, 0.6) is 11.5 Å². The Kier molecular flexibility index (Phi) is 4.72. The van der Waals surface area contributed by atoms with Gasteiger partial charge in [-0.2, -0.15) is 0 Å². The van der Waals surface area contributed by atoms with E-state index < -0.39 is 8.75 Å². The molecule has 0 radical (unpaired) electrons. The monoisotopic (exact) mass is 340 g/mol. The van der Waals surface area contributed by atoms with Crippen molar-refractivity contribution in [2.24, 2.45) is 0 Å². The Balaban J connectivity index is 1.88. The minimum absolute atomic E-state index is 0.297. The minimum atomic E-state index is -1.47. The van der Waals surface area contributed by atoms with Gasteiger partial charge >= 0.3 is 0 Å². The minimum Gasteiger partial charge on any atom is -0.493 e. The normalized spacial score (nSPS) is 22.6. The Hall–Kier alpha value is -1.04. The van der Waals surface area contributed by atoms with Crippen molar-refractivity contribution in [3.8, 4) is 11.5 Å². The van der Waals surface area contributed by atoms with Crippen LogP contribution in [0.15, 0.2) is 18.2 Å². The van der Waals surface area contributed by atoms with E-state index in [1.165, 1.54) is 22.8 Å². The molecule has 1 aromatic carbocycles. The van der Waals surface area contributed by atoms with E-state index in [9.17, 15) is 0 Å². The van der Waals surface area contributed by atoms with Crippen LogP contribution in [0.2, 0.25) is 0 Å². The molecule has 1 N–H and O–H groups in total. The van der Waals surface area contributed by atoms with Crippen LogP contribution >= 0.6 is 8.75 Å². The third kappa shape index (κ3) is 3.02. The Labute approximate surface area is 138 Å². The first-order valence-electron chi connectivity index (χ1n) is 8.28. The first kappa shape index (κ1) is 16.8. The summed E-state index contributed by atoms with van der Waals surface area (Å²) in [4.78, 5) is 1.67. The standard InChI is InChI=1S/C18H28O4S/c1-20-17-6-5-15(11-18(17)21-2)13-23(9-4-3-7-19)10-8-22-12-16(23)14-23/h5-6,11,19H,3-4,7-10,12-14H2,1-2H3. The number of aliphatic hydroxyl groups excluding tert-OH is 1. The molecule has 3 rings (SSSR count). The number of aliphatic hydroxyl groups is 1. The van der Waals surface area contributed by atoms with Crippen molar-refractivity contribution in [2.45, 2.75) is 18.6 Å². The molecule has 0 atom stereocenters. The molecular weight excluding hydrogens is 312 g/mol. The highest BCUT2D eigenvalue weighted by Crippen LogP contribution is 2.74. The second-order valence-electron chi connectivity index (χ2n) is 6.71. The van der Waals surface area contributed by atoms with E-state index in [4.69, 9.17) is 19.3 Å². The van der Waals surface area contributed by atoms with Crippen molar-refractivity contribution < 1.29 is 19.3 Å². The summed E-state index contributed by atoms with van der Waals surface area (Å²) in [6.45, 7) is 2.04. The van der Waals surface area contributed by atoms with E-state index in [1.54, 1.807) is 19.1 Å². The molecule has 0 saturated heterocycles. The predicted molar refractivity (Wildman–Crippen MR) is 97.6 cm³/mol.